The average molecular weight is 469 g/mol. The zero-order chi connectivity index (χ0) is 23.6. The molecule has 6 heteroatoms. The van der Waals surface area contributed by atoms with Crippen LogP contribution >= 0.6 is 11.3 Å². The van der Waals surface area contributed by atoms with Gasteiger partial charge < -0.3 is 5.11 Å². The number of aryl methyl sites for hydroxylation is 2. The number of benzene rings is 1. The number of carbonyl (C=O) groups is 1. The zero-order valence-corrected chi connectivity index (χ0v) is 20.4. The molecule has 0 radical (unpaired) electrons. The molecular formula is C27H33FN2O2S. The molecule has 0 saturated heterocycles. The van der Waals surface area contributed by atoms with Gasteiger partial charge in [-0.15, -0.1) is 11.3 Å². The lowest BCUT2D eigenvalue weighted by atomic mass is 9.97. The molecule has 0 fully saturated rings. The molecule has 0 bridgehead atoms. The van der Waals surface area contributed by atoms with E-state index < -0.39 is 11.8 Å². The minimum absolute atomic E-state index is 0.140. The van der Waals surface area contributed by atoms with Gasteiger partial charge in [-0.3, -0.25) is 0 Å². The van der Waals surface area contributed by atoms with Crippen molar-refractivity contribution in [3.05, 3.63) is 57.8 Å². The Bertz CT molecular complexity index is 1050. The molecule has 0 amide bonds. The van der Waals surface area contributed by atoms with E-state index in [1.54, 1.807) is 18.2 Å². The molecule has 0 aliphatic carbocycles. The molecule has 3 aromatic rings. The van der Waals surface area contributed by atoms with Gasteiger partial charge in [-0.25, -0.2) is 19.2 Å². The highest BCUT2D eigenvalue weighted by Crippen LogP contribution is 2.43. The average Bonchev–Trinajstić information content (AvgIpc) is 3.20. The van der Waals surface area contributed by atoms with E-state index in [2.05, 4.69) is 23.8 Å². The van der Waals surface area contributed by atoms with Crippen LogP contribution in [0.2, 0.25) is 0 Å². The van der Waals surface area contributed by atoms with E-state index in [1.807, 2.05) is 12.4 Å². The molecule has 1 aromatic carbocycles. The van der Waals surface area contributed by atoms with Crippen molar-refractivity contribution in [1.29, 1.82) is 0 Å². The summed E-state index contributed by atoms with van der Waals surface area (Å²) in [5.74, 6) is -1.03. The van der Waals surface area contributed by atoms with Gasteiger partial charge in [0.25, 0.3) is 0 Å². The molecule has 1 N–H and O–H groups in total. The smallest absolute Gasteiger partial charge is 0.346 e. The number of aromatic carboxylic acids is 1. The van der Waals surface area contributed by atoms with Gasteiger partial charge in [0.1, 0.15) is 10.7 Å². The van der Waals surface area contributed by atoms with Crippen LogP contribution in [0.5, 0.6) is 0 Å². The molecule has 0 saturated carbocycles. The third-order valence-electron chi connectivity index (χ3n) is 5.82. The Morgan fingerprint density at radius 1 is 0.909 bits per heavy atom. The largest absolute Gasteiger partial charge is 0.477 e. The summed E-state index contributed by atoms with van der Waals surface area (Å²) in [6, 6.07) is 6.32. The van der Waals surface area contributed by atoms with Crippen molar-refractivity contribution >= 4 is 17.3 Å². The lowest BCUT2D eigenvalue weighted by molar-refractivity contribution is 0.0703. The monoisotopic (exact) mass is 468 g/mol. The Hall–Kier alpha value is -2.60. The van der Waals surface area contributed by atoms with Crippen LogP contribution in [0, 0.1) is 5.82 Å². The Labute approximate surface area is 199 Å². The first kappa shape index (κ1) is 25.0. The standard InChI is InChI=1S/C27H33FN2O2S/c1-3-5-7-8-9-10-13-19-17-29-26(30-18-19)24-22(16-6-4-2)33-25(27(31)32)23(24)20-14-11-12-15-21(20)28/h11-12,14-15,17-18H,3-10,13,16H2,1-2H3,(H,31,32). The number of carboxylic acid groups (broad SMARTS) is 1. The molecule has 3 rings (SSSR count). The van der Waals surface area contributed by atoms with Crippen LogP contribution in [0.3, 0.4) is 0 Å². The number of carboxylic acids is 1. The lowest BCUT2D eigenvalue weighted by Gasteiger charge is -2.09. The molecular weight excluding hydrogens is 435 g/mol. The minimum atomic E-state index is -1.05. The highest BCUT2D eigenvalue weighted by molar-refractivity contribution is 7.15. The molecule has 0 atom stereocenters. The summed E-state index contributed by atoms with van der Waals surface area (Å²) < 4.78 is 14.8. The van der Waals surface area contributed by atoms with Crippen LogP contribution in [0.25, 0.3) is 22.5 Å². The van der Waals surface area contributed by atoms with E-state index in [0.717, 1.165) is 36.1 Å². The second kappa shape index (κ2) is 12.6. The predicted octanol–water partition coefficient (Wildman–Crippen LogP) is 7.96. The fourth-order valence-corrected chi connectivity index (χ4v) is 5.21. The number of hydrogen-bond acceptors (Lipinski definition) is 4. The Morgan fingerprint density at radius 2 is 1.58 bits per heavy atom. The maximum absolute atomic E-state index is 14.8. The van der Waals surface area contributed by atoms with Crippen molar-refractivity contribution < 1.29 is 14.3 Å². The quantitative estimate of drug-likeness (QED) is 0.258. The van der Waals surface area contributed by atoms with Crippen molar-refractivity contribution in [2.75, 3.05) is 0 Å². The predicted molar refractivity (Wildman–Crippen MR) is 133 cm³/mol. The highest BCUT2D eigenvalue weighted by Gasteiger charge is 2.27. The van der Waals surface area contributed by atoms with Crippen LogP contribution in [-0.4, -0.2) is 21.0 Å². The van der Waals surface area contributed by atoms with Crippen molar-refractivity contribution in [1.82, 2.24) is 9.97 Å². The van der Waals surface area contributed by atoms with Gasteiger partial charge in [0.2, 0.25) is 0 Å². The number of hydrogen-bond donors (Lipinski definition) is 1. The van der Waals surface area contributed by atoms with Crippen LogP contribution < -0.4 is 0 Å². The first-order valence-electron chi connectivity index (χ1n) is 12.0. The molecule has 2 heterocycles. The van der Waals surface area contributed by atoms with E-state index in [0.29, 0.717) is 23.4 Å². The Morgan fingerprint density at radius 3 is 2.24 bits per heavy atom. The van der Waals surface area contributed by atoms with Crippen LogP contribution in [0.4, 0.5) is 4.39 Å². The van der Waals surface area contributed by atoms with E-state index >= 15 is 0 Å². The van der Waals surface area contributed by atoms with Crippen molar-refractivity contribution in [3.63, 3.8) is 0 Å². The van der Waals surface area contributed by atoms with E-state index in [4.69, 9.17) is 0 Å². The van der Waals surface area contributed by atoms with Gasteiger partial charge in [0.05, 0.1) is 0 Å². The molecule has 0 spiro atoms. The summed E-state index contributed by atoms with van der Waals surface area (Å²) >= 11 is 1.21. The lowest BCUT2D eigenvalue weighted by Crippen LogP contribution is -1.99. The molecule has 33 heavy (non-hydrogen) atoms. The van der Waals surface area contributed by atoms with E-state index in [-0.39, 0.29) is 10.4 Å². The van der Waals surface area contributed by atoms with Gasteiger partial charge >= 0.3 is 5.97 Å². The first-order valence-corrected chi connectivity index (χ1v) is 12.8. The van der Waals surface area contributed by atoms with Crippen molar-refractivity contribution in [2.24, 2.45) is 0 Å². The molecule has 2 aromatic heterocycles. The Balaban J connectivity index is 1.94. The summed E-state index contributed by atoms with van der Waals surface area (Å²) in [5, 5.41) is 9.89. The second-order valence-electron chi connectivity index (χ2n) is 8.43. The number of rotatable bonds is 13. The summed E-state index contributed by atoms with van der Waals surface area (Å²) in [6.07, 6.45) is 14.6. The maximum atomic E-state index is 14.8. The zero-order valence-electron chi connectivity index (χ0n) is 19.6. The number of aromatic nitrogens is 2. The number of nitrogens with zero attached hydrogens (tertiary/aromatic N) is 2. The second-order valence-corrected chi connectivity index (χ2v) is 9.53. The van der Waals surface area contributed by atoms with Crippen LogP contribution in [0.1, 0.15) is 85.3 Å². The molecule has 0 aliphatic heterocycles. The highest BCUT2D eigenvalue weighted by atomic mass is 32.1. The minimum Gasteiger partial charge on any atom is -0.477 e. The van der Waals surface area contributed by atoms with Gasteiger partial charge in [-0.1, -0.05) is 70.6 Å². The summed E-state index contributed by atoms with van der Waals surface area (Å²) in [6.45, 7) is 4.31. The number of thiophene rings is 1. The summed E-state index contributed by atoms with van der Waals surface area (Å²) in [7, 11) is 0. The fraction of sp³-hybridized carbons (Fsp3) is 0.444. The molecule has 0 unspecified atom stereocenters. The molecule has 4 nitrogen and oxygen atoms in total. The Kier molecular flexibility index (Phi) is 9.55. The first-order chi connectivity index (χ1) is 16.1. The van der Waals surface area contributed by atoms with Gasteiger partial charge in [0.15, 0.2) is 5.82 Å². The van der Waals surface area contributed by atoms with Crippen LogP contribution in [-0.2, 0) is 12.8 Å². The van der Waals surface area contributed by atoms with Gasteiger partial charge in [0, 0.05) is 34.0 Å². The van der Waals surface area contributed by atoms with E-state index in [1.165, 1.54) is 49.5 Å². The maximum Gasteiger partial charge on any atom is 0.346 e. The summed E-state index contributed by atoms with van der Waals surface area (Å²) in [4.78, 5) is 22.4. The van der Waals surface area contributed by atoms with Gasteiger partial charge in [-0.05, 0) is 37.3 Å². The normalized spacial score (nSPS) is 11.1. The number of halogens is 1. The van der Waals surface area contributed by atoms with Crippen LogP contribution in [0.15, 0.2) is 36.7 Å². The van der Waals surface area contributed by atoms with E-state index in [9.17, 15) is 14.3 Å². The van der Waals surface area contributed by atoms with Crippen molar-refractivity contribution in [3.8, 4) is 22.5 Å². The summed E-state index contributed by atoms with van der Waals surface area (Å²) in [5.41, 5.74) is 2.40. The van der Waals surface area contributed by atoms with Gasteiger partial charge in [-0.2, -0.15) is 0 Å². The van der Waals surface area contributed by atoms with Crippen molar-refractivity contribution in [2.45, 2.75) is 78.1 Å². The SMILES string of the molecule is CCCCCCCCc1cnc(-c2c(CCCC)sc(C(=O)O)c2-c2ccccc2F)nc1. The molecule has 0 aliphatic rings. The number of unbranched alkanes of at least 4 members (excludes halogenated alkanes) is 6. The molecule has 176 valence electrons. The topological polar surface area (TPSA) is 63.1 Å². The third-order valence-corrected chi connectivity index (χ3v) is 7.06. The fourth-order valence-electron chi connectivity index (χ4n) is 4.02. The third kappa shape index (κ3) is 6.47.